The lowest BCUT2D eigenvalue weighted by Gasteiger charge is -2.34. The number of ether oxygens (including phenoxy) is 1. The van der Waals surface area contributed by atoms with E-state index in [1.807, 2.05) is 0 Å². The summed E-state index contributed by atoms with van der Waals surface area (Å²) in [4.78, 5) is 31.3. The van der Waals surface area contributed by atoms with Crippen LogP contribution in [0.25, 0.3) is 0 Å². The van der Waals surface area contributed by atoms with E-state index in [-0.39, 0.29) is 12.3 Å². The molecule has 0 saturated heterocycles. The normalized spacial score (nSPS) is 14.2. The van der Waals surface area contributed by atoms with E-state index >= 15 is 0 Å². The van der Waals surface area contributed by atoms with Crippen molar-refractivity contribution in [1.29, 1.82) is 0 Å². The molecule has 0 spiro atoms. The molecular formula is C19H13BFN3O3S. The number of carbonyl (C=O) groups is 2. The highest BCUT2D eigenvalue weighted by atomic mass is 32.1. The van der Waals surface area contributed by atoms with Crippen molar-refractivity contribution >= 4 is 41.6 Å². The third-order valence-corrected chi connectivity index (χ3v) is 4.93. The Bertz CT molecular complexity index is 1040. The van der Waals surface area contributed by atoms with Crippen LogP contribution in [-0.2, 0) is 4.79 Å². The molecule has 2 heterocycles. The minimum Gasteiger partial charge on any atom is -0.472 e. The zero-order valence-electron chi connectivity index (χ0n) is 14.5. The summed E-state index contributed by atoms with van der Waals surface area (Å²) in [6.45, 7) is -0.164. The Kier molecular flexibility index (Phi) is 4.83. The highest BCUT2D eigenvalue weighted by Gasteiger charge is 2.36. The third kappa shape index (κ3) is 3.48. The number of fused-ring (bicyclic) bond motifs is 1. The van der Waals surface area contributed by atoms with E-state index < -0.39 is 23.7 Å². The van der Waals surface area contributed by atoms with Gasteiger partial charge in [-0.2, -0.15) is 0 Å². The van der Waals surface area contributed by atoms with Gasteiger partial charge in [0, 0.05) is 11.6 Å². The van der Waals surface area contributed by atoms with Gasteiger partial charge in [-0.25, -0.2) is 9.37 Å². The monoisotopic (exact) mass is 393 g/mol. The molecule has 1 atom stereocenters. The molecule has 2 amide bonds. The smallest absolute Gasteiger partial charge is 0.261 e. The van der Waals surface area contributed by atoms with Crippen molar-refractivity contribution in [2.24, 2.45) is 0 Å². The molecule has 6 nitrogen and oxygen atoms in total. The summed E-state index contributed by atoms with van der Waals surface area (Å²) < 4.78 is 19.5. The summed E-state index contributed by atoms with van der Waals surface area (Å²) in [5.41, 5.74) is 0.958. The van der Waals surface area contributed by atoms with Crippen molar-refractivity contribution in [3.63, 3.8) is 0 Å². The molecule has 0 bridgehead atoms. The second-order valence-electron chi connectivity index (χ2n) is 6.09. The maximum atomic E-state index is 13.8. The number of hydrogen-bond acceptors (Lipinski definition) is 5. The molecule has 4 rings (SSSR count). The first kappa shape index (κ1) is 18.2. The van der Waals surface area contributed by atoms with Gasteiger partial charge >= 0.3 is 0 Å². The number of nitrogens with one attached hydrogen (secondary N) is 1. The van der Waals surface area contributed by atoms with E-state index in [4.69, 9.17) is 12.6 Å². The minimum absolute atomic E-state index is 0.164. The number of aromatic nitrogens is 1. The quantitative estimate of drug-likeness (QED) is 0.691. The molecule has 2 radical (unpaired) electrons. The number of hydrogen-bond donors (Lipinski definition) is 1. The standard InChI is InChI=1S/C19H13BFN3O3S/c20-12-4-5-15-14(9-12)18(26)24(10-27-15)16(11-2-1-3-13(21)8-11)17(25)23-19-22-6-7-28-19/h1-9,16H,10H2,(H,22,23,25). The number of amides is 2. The van der Waals surface area contributed by atoms with Gasteiger partial charge in [-0.15, -0.1) is 11.3 Å². The third-order valence-electron chi connectivity index (χ3n) is 4.24. The van der Waals surface area contributed by atoms with Crippen molar-refractivity contribution in [2.75, 3.05) is 12.0 Å². The van der Waals surface area contributed by atoms with E-state index in [1.54, 1.807) is 29.8 Å². The molecule has 28 heavy (non-hydrogen) atoms. The van der Waals surface area contributed by atoms with E-state index in [2.05, 4.69) is 10.3 Å². The Morgan fingerprint density at radius 2 is 2.18 bits per heavy atom. The van der Waals surface area contributed by atoms with Gasteiger partial charge in [0.05, 0.1) is 5.56 Å². The van der Waals surface area contributed by atoms with Crippen LogP contribution in [0, 0.1) is 5.82 Å². The Hall–Kier alpha value is -3.20. The second-order valence-corrected chi connectivity index (χ2v) is 6.98. The molecule has 3 aromatic rings. The Balaban J connectivity index is 1.73. The summed E-state index contributed by atoms with van der Waals surface area (Å²) in [6, 6.07) is 9.16. The van der Waals surface area contributed by atoms with E-state index in [0.717, 1.165) is 0 Å². The number of halogens is 1. The molecule has 138 valence electrons. The maximum absolute atomic E-state index is 13.8. The van der Waals surface area contributed by atoms with Crippen molar-refractivity contribution in [3.8, 4) is 5.75 Å². The first-order valence-electron chi connectivity index (χ1n) is 8.32. The molecular weight excluding hydrogens is 380 g/mol. The number of benzene rings is 2. The molecule has 9 heteroatoms. The van der Waals surface area contributed by atoms with Crippen LogP contribution >= 0.6 is 11.3 Å². The Morgan fingerprint density at radius 1 is 1.32 bits per heavy atom. The molecule has 1 N–H and O–H groups in total. The highest BCUT2D eigenvalue weighted by molar-refractivity contribution is 7.13. The lowest BCUT2D eigenvalue weighted by molar-refractivity contribution is -0.122. The highest BCUT2D eigenvalue weighted by Crippen LogP contribution is 2.31. The van der Waals surface area contributed by atoms with Crippen LogP contribution in [0.3, 0.4) is 0 Å². The molecule has 1 unspecified atom stereocenters. The van der Waals surface area contributed by atoms with Gasteiger partial charge in [0.25, 0.3) is 11.8 Å². The van der Waals surface area contributed by atoms with E-state index in [1.165, 1.54) is 40.5 Å². The second kappa shape index (κ2) is 7.44. The number of nitrogens with zero attached hydrogens (tertiary/aromatic N) is 2. The maximum Gasteiger partial charge on any atom is 0.261 e. The van der Waals surface area contributed by atoms with Gasteiger partial charge in [0.15, 0.2) is 11.9 Å². The largest absolute Gasteiger partial charge is 0.472 e. The summed E-state index contributed by atoms with van der Waals surface area (Å²) >= 11 is 1.24. The SMILES string of the molecule is [B]c1ccc2c(c1)C(=O)N(C(C(=O)Nc1nccs1)c1cccc(F)c1)CO2. The predicted molar refractivity (Wildman–Crippen MR) is 103 cm³/mol. The van der Waals surface area contributed by atoms with Crippen LogP contribution in [0.4, 0.5) is 9.52 Å². The van der Waals surface area contributed by atoms with Crippen LogP contribution < -0.4 is 15.5 Å². The number of thiazole rings is 1. The van der Waals surface area contributed by atoms with Crippen molar-refractivity contribution in [2.45, 2.75) is 6.04 Å². The van der Waals surface area contributed by atoms with Gasteiger partial charge in [0.1, 0.15) is 25.5 Å². The van der Waals surface area contributed by atoms with E-state index in [0.29, 0.717) is 21.9 Å². The fourth-order valence-electron chi connectivity index (χ4n) is 2.99. The Morgan fingerprint density at radius 3 is 2.93 bits per heavy atom. The van der Waals surface area contributed by atoms with Crippen LogP contribution in [0.2, 0.25) is 0 Å². The fraction of sp³-hybridized carbons (Fsp3) is 0.105. The van der Waals surface area contributed by atoms with Gasteiger partial charge in [-0.3, -0.25) is 19.8 Å². The minimum atomic E-state index is -1.11. The zero-order chi connectivity index (χ0) is 19.7. The zero-order valence-corrected chi connectivity index (χ0v) is 15.3. The molecule has 1 aliphatic rings. The van der Waals surface area contributed by atoms with E-state index in [9.17, 15) is 14.0 Å². The van der Waals surface area contributed by atoms with Crippen LogP contribution in [0.5, 0.6) is 5.75 Å². The van der Waals surface area contributed by atoms with Gasteiger partial charge in [-0.05, 0) is 23.8 Å². The molecule has 0 aliphatic carbocycles. The van der Waals surface area contributed by atoms with Crippen LogP contribution in [0.1, 0.15) is 22.0 Å². The first-order chi connectivity index (χ1) is 13.5. The van der Waals surface area contributed by atoms with Crippen molar-refractivity contribution < 1.29 is 18.7 Å². The van der Waals surface area contributed by atoms with Crippen molar-refractivity contribution in [3.05, 3.63) is 71.0 Å². The molecule has 0 saturated carbocycles. The van der Waals surface area contributed by atoms with Crippen LogP contribution in [0.15, 0.2) is 54.0 Å². The summed E-state index contributed by atoms with van der Waals surface area (Å²) in [7, 11) is 5.78. The fourth-order valence-corrected chi connectivity index (χ4v) is 3.53. The number of carbonyl (C=O) groups excluding carboxylic acids is 2. The topological polar surface area (TPSA) is 71.5 Å². The lowest BCUT2D eigenvalue weighted by Crippen LogP contribution is -2.46. The Labute approximate surface area is 165 Å². The van der Waals surface area contributed by atoms with Gasteiger partial charge in [0.2, 0.25) is 0 Å². The summed E-state index contributed by atoms with van der Waals surface area (Å²) in [6.07, 6.45) is 1.55. The predicted octanol–water partition coefficient (Wildman–Crippen LogP) is 2.25. The number of anilines is 1. The van der Waals surface area contributed by atoms with Gasteiger partial charge in [-0.1, -0.05) is 29.7 Å². The first-order valence-corrected chi connectivity index (χ1v) is 9.20. The van der Waals surface area contributed by atoms with Crippen molar-refractivity contribution in [1.82, 2.24) is 9.88 Å². The average Bonchev–Trinajstić information content (AvgIpc) is 3.17. The van der Waals surface area contributed by atoms with Crippen LogP contribution in [-0.4, -0.2) is 36.3 Å². The number of rotatable bonds is 4. The lowest BCUT2D eigenvalue weighted by atomic mass is 9.93. The van der Waals surface area contributed by atoms with Gasteiger partial charge < -0.3 is 4.74 Å². The average molecular weight is 393 g/mol. The summed E-state index contributed by atoms with van der Waals surface area (Å²) in [5.74, 6) is -1.09. The summed E-state index contributed by atoms with van der Waals surface area (Å²) in [5, 5.41) is 4.75. The molecule has 1 aliphatic heterocycles. The molecule has 1 aromatic heterocycles. The molecule has 0 fully saturated rings. The molecule has 2 aromatic carbocycles.